The summed E-state index contributed by atoms with van der Waals surface area (Å²) in [7, 11) is -3.08. The fraction of sp³-hybridized carbons (Fsp3) is 0.533. The second-order valence-electron chi connectivity index (χ2n) is 6.24. The Bertz CT molecular complexity index is 632. The highest BCUT2D eigenvalue weighted by Gasteiger charge is 2.38. The highest BCUT2D eigenvalue weighted by molar-refractivity contribution is 7.86. The number of amides is 2. The highest BCUT2D eigenvalue weighted by Crippen LogP contribution is 2.27. The summed E-state index contributed by atoms with van der Waals surface area (Å²) < 4.78 is 54.2. The van der Waals surface area contributed by atoms with Gasteiger partial charge >= 0.3 is 11.5 Å². The Kier molecular flexibility index (Phi) is 5.24. The van der Waals surface area contributed by atoms with Gasteiger partial charge in [-0.25, -0.2) is 9.00 Å². The van der Waals surface area contributed by atoms with Crippen molar-refractivity contribution < 1.29 is 26.9 Å². The van der Waals surface area contributed by atoms with Crippen LogP contribution in [0.2, 0.25) is 0 Å². The third kappa shape index (κ3) is 4.70. The van der Waals surface area contributed by atoms with Gasteiger partial charge in [-0.3, -0.25) is 0 Å². The van der Waals surface area contributed by atoms with E-state index in [1.165, 1.54) is 12.1 Å². The van der Waals surface area contributed by atoms with Crippen molar-refractivity contribution in [2.24, 2.45) is 0 Å². The van der Waals surface area contributed by atoms with Crippen LogP contribution in [0.3, 0.4) is 0 Å². The summed E-state index contributed by atoms with van der Waals surface area (Å²) in [6.45, 7) is 6.45. The Labute approximate surface area is 140 Å². The van der Waals surface area contributed by atoms with Crippen molar-refractivity contribution in [2.45, 2.75) is 42.9 Å². The fourth-order valence-corrected chi connectivity index (χ4v) is 3.26. The number of nitrogens with zero attached hydrogens (tertiary/aromatic N) is 1. The number of hydrogen-bond acceptors (Lipinski definition) is 3. The van der Waals surface area contributed by atoms with Gasteiger partial charge in [0.1, 0.15) is 0 Å². The normalized spacial score (nSPS) is 22.1. The maximum absolute atomic E-state index is 12.4. The van der Waals surface area contributed by atoms with Crippen LogP contribution in [0.15, 0.2) is 29.2 Å². The zero-order chi connectivity index (χ0) is 18.1. The lowest BCUT2D eigenvalue weighted by Gasteiger charge is -2.41. The minimum Gasteiger partial charge on any atom is -0.369 e. The molecule has 0 bridgehead atoms. The van der Waals surface area contributed by atoms with Gasteiger partial charge in [0.15, 0.2) is 10.8 Å². The molecule has 9 heteroatoms. The molecule has 2 amide bonds. The zero-order valence-electron chi connectivity index (χ0n) is 13.5. The topological polar surface area (TPSA) is 58.6 Å². The van der Waals surface area contributed by atoms with Gasteiger partial charge in [-0.15, -0.1) is 0 Å². The molecule has 1 aliphatic rings. The Balaban J connectivity index is 2.03. The van der Waals surface area contributed by atoms with Crippen LogP contribution in [0.1, 0.15) is 20.8 Å². The van der Waals surface area contributed by atoms with E-state index in [-0.39, 0.29) is 17.0 Å². The van der Waals surface area contributed by atoms with Crippen LogP contribution < -0.4 is 5.32 Å². The Morgan fingerprint density at radius 1 is 1.33 bits per heavy atom. The smallest absolute Gasteiger partial charge is 0.369 e. The molecule has 2 rings (SSSR count). The lowest BCUT2D eigenvalue weighted by atomic mass is 10.1. The zero-order valence-corrected chi connectivity index (χ0v) is 14.3. The number of anilines is 1. The maximum atomic E-state index is 12.4. The second kappa shape index (κ2) is 6.72. The first kappa shape index (κ1) is 18.7. The number of benzene rings is 1. The van der Waals surface area contributed by atoms with E-state index in [0.29, 0.717) is 18.8 Å². The third-order valence-electron chi connectivity index (χ3n) is 3.39. The van der Waals surface area contributed by atoms with Gasteiger partial charge < -0.3 is 15.0 Å². The van der Waals surface area contributed by atoms with E-state index in [1.54, 1.807) is 4.90 Å². The predicted octanol–water partition coefficient (Wildman–Crippen LogP) is 3.35. The van der Waals surface area contributed by atoms with Gasteiger partial charge in [0.2, 0.25) is 0 Å². The molecule has 0 spiro atoms. The van der Waals surface area contributed by atoms with Gasteiger partial charge in [0, 0.05) is 17.1 Å². The van der Waals surface area contributed by atoms with Gasteiger partial charge in [-0.2, -0.15) is 13.2 Å². The van der Waals surface area contributed by atoms with E-state index in [0.717, 1.165) is 12.1 Å². The number of halogens is 3. The van der Waals surface area contributed by atoms with E-state index in [2.05, 4.69) is 5.32 Å². The average Bonchev–Trinajstić information content (AvgIpc) is 2.44. The molecule has 1 aromatic carbocycles. The minimum atomic E-state index is -4.81. The lowest BCUT2D eigenvalue weighted by Crippen LogP contribution is -2.54. The summed E-state index contributed by atoms with van der Waals surface area (Å²) in [5.41, 5.74) is -4.94. The van der Waals surface area contributed by atoms with Crippen molar-refractivity contribution in [3.8, 4) is 0 Å². The minimum absolute atomic E-state index is 0.115. The Morgan fingerprint density at radius 3 is 2.42 bits per heavy atom. The molecule has 0 aliphatic carbocycles. The molecule has 2 atom stereocenters. The van der Waals surface area contributed by atoms with E-state index >= 15 is 0 Å². The van der Waals surface area contributed by atoms with E-state index in [9.17, 15) is 22.2 Å². The molecule has 134 valence electrons. The second-order valence-corrected chi connectivity index (χ2v) is 7.71. The molecule has 5 nitrogen and oxygen atoms in total. The molecule has 1 aromatic rings. The standard InChI is InChI=1S/C15H19F3N2O3S/c1-10-8-20(9-14(2,3)23-10)13(21)19-11-4-6-12(7-5-11)24(22)15(16,17)18/h4-7,10H,8-9H2,1-3H3,(H,19,21). The van der Waals surface area contributed by atoms with Crippen LogP contribution in [-0.2, 0) is 15.5 Å². The highest BCUT2D eigenvalue weighted by atomic mass is 32.2. The fourth-order valence-electron chi connectivity index (χ4n) is 2.61. The van der Waals surface area contributed by atoms with Crippen LogP contribution in [0.5, 0.6) is 0 Å². The summed E-state index contributed by atoms with van der Waals surface area (Å²) in [5, 5.41) is 2.63. The summed E-state index contributed by atoms with van der Waals surface area (Å²) >= 11 is 0. The number of ether oxygens (including phenoxy) is 1. The molecule has 1 aliphatic heterocycles. The number of alkyl halides is 3. The molecule has 0 radical (unpaired) electrons. The van der Waals surface area contributed by atoms with Crippen LogP contribution in [0, 0.1) is 0 Å². The number of rotatable bonds is 2. The van der Waals surface area contributed by atoms with E-state index in [1.807, 2.05) is 20.8 Å². The molecule has 1 heterocycles. The number of carbonyl (C=O) groups excluding carboxylic acids is 1. The maximum Gasteiger partial charge on any atom is 0.475 e. The monoisotopic (exact) mass is 364 g/mol. The third-order valence-corrected chi connectivity index (χ3v) is 4.51. The molecule has 0 saturated carbocycles. The predicted molar refractivity (Wildman–Crippen MR) is 84.1 cm³/mol. The Morgan fingerprint density at radius 2 is 1.92 bits per heavy atom. The van der Waals surface area contributed by atoms with Gasteiger partial charge in [-0.1, -0.05) is 0 Å². The van der Waals surface area contributed by atoms with Crippen LogP contribution in [0.4, 0.5) is 23.7 Å². The van der Waals surface area contributed by atoms with Crippen molar-refractivity contribution in [3.63, 3.8) is 0 Å². The number of urea groups is 1. The van der Waals surface area contributed by atoms with E-state index in [4.69, 9.17) is 4.74 Å². The Hall–Kier alpha value is -1.61. The first-order valence-corrected chi connectivity index (χ1v) is 8.45. The van der Waals surface area contributed by atoms with Crippen LogP contribution in [-0.4, -0.2) is 45.4 Å². The summed E-state index contributed by atoms with van der Waals surface area (Å²) in [4.78, 5) is 13.5. The van der Waals surface area contributed by atoms with Crippen molar-refractivity contribution in [2.75, 3.05) is 18.4 Å². The van der Waals surface area contributed by atoms with Crippen LogP contribution >= 0.6 is 0 Å². The first-order valence-electron chi connectivity index (χ1n) is 7.30. The number of carbonyl (C=O) groups is 1. The SMILES string of the molecule is CC1CN(C(=O)Nc2ccc(S(=O)C(F)(F)F)cc2)CC(C)(C)O1. The van der Waals surface area contributed by atoms with E-state index < -0.39 is 21.9 Å². The van der Waals surface area contributed by atoms with Gasteiger partial charge in [0.05, 0.1) is 18.2 Å². The van der Waals surface area contributed by atoms with Gasteiger partial charge in [-0.05, 0) is 45.0 Å². The molecule has 2 unspecified atom stereocenters. The molecule has 1 saturated heterocycles. The molecule has 1 N–H and O–H groups in total. The molecule has 0 aromatic heterocycles. The van der Waals surface area contributed by atoms with Crippen LogP contribution in [0.25, 0.3) is 0 Å². The largest absolute Gasteiger partial charge is 0.475 e. The first-order chi connectivity index (χ1) is 11.0. The van der Waals surface area contributed by atoms with Crippen molar-refractivity contribution in [1.82, 2.24) is 4.90 Å². The number of hydrogen-bond donors (Lipinski definition) is 1. The summed E-state index contributed by atoms with van der Waals surface area (Å²) in [5.74, 6) is 0. The molecular formula is C15H19F3N2O3S. The molecule has 1 fully saturated rings. The van der Waals surface area contributed by atoms with Gasteiger partial charge in [0.25, 0.3) is 0 Å². The van der Waals surface area contributed by atoms with Crippen molar-refractivity contribution >= 4 is 22.5 Å². The molecule has 24 heavy (non-hydrogen) atoms. The average molecular weight is 364 g/mol. The lowest BCUT2D eigenvalue weighted by molar-refractivity contribution is -0.116. The summed E-state index contributed by atoms with van der Waals surface area (Å²) in [6.07, 6.45) is -0.115. The van der Waals surface area contributed by atoms with Crippen molar-refractivity contribution in [3.05, 3.63) is 24.3 Å². The molecular weight excluding hydrogens is 345 g/mol. The number of nitrogens with one attached hydrogen (secondary N) is 1. The quantitative estimate of drug-likeness (QED) is 0.876. The van der Waals surface area contributed by atoms with Crippen molar-refractivity contribution in [1.29, 1.82) is 0 Å². The summed E-state index contributed by atoms with van der Waals surface area (Å²) in [6, 6.07) is 4.41. The number of morpholine rings is 1.